The van der Waals surface area contributed by atoms with Crippen molar-refractivity contribution in [3.05, 3.63) is 12.2 Å². The molecule has 0 bridgehead atoms. The molecule has 1 amide bonds. The van der Waals surface area contributed by atoms with Crippen molar-refractivity contribution < 1.29 is 4.79 Å². The Morgan fingerprint density at radius 1 is 1.53 bits per heavy atom. The maximum atomic E-state index is 11.8. The number of hydrogen-bond acceptors (Lipinski definition) is 2. The molecule has 1 unspecified atom stereocenters. The fourth-order valence-corrected chi connectivity index (χ4v) is 2.14. The molecule has 1 saturated heterocycles. The highest BCUT2D eigenvalue weighted by molar-refractivity contribution is 5.87. The molecular weight excluding hydrogens is 188 g/mol. The number of carbonyl (C=O) groups is 1. The summed E-state index contributed by atoms with van der Waals surface area (Å²) < 4.78 is 0. The van der Waals surface area contributed by atoms with Gasteiger partial charge in [-0.3, -0.25) is 4.79 Å². The predicted octanol–water partition coefficient (Wildman–Crippen LogP) is 1.55. The van der Waals surface area contributed by atoms with Gasteiger partial charge in [0.2, 0.25) is 5.91 Å². The van der Waals surface area contributed by atoms with Crippen LogP contribution in [0, 0.1) is 0 Å². The van der Waals surface area contributed by atoms with Gasteiger partial charge in [0.15, 0.2) is 0 Å². The van der Waals surface area contributed by atoms with Crippen molar-refractivity contribution in [3.8, 4) is 0 Å². The Kier molecular flexibility index (Phi) is 5.40. The van der Waals surface area contributed by atoms with Crippen LogP contribution < -0.4 is 5.32 Å². The van der Waals surface area contributed by atoms with Crippen molar-refractivity contribution >= 4 is 5.91 Å². The van der Waals surface area contributed by atoms with E-state index in [-0.39, 0.29) is 5.91 Å². The number of allylic oxidation sites excluding steroid dienone is 1. The van der Waals surface area contributed by atoms with E-state index < -0.39 is 0 Å². The van der Waals surface area contributed by atoms with E-state index in [4.69, 9.17) is 0 Å². The SMILES string of the molecule is CC=CC(=O)N1CCCCC1CCNC. The van der Waals surface area contributed by atoms with Gasteiger partial charge in [-0.05, 0) is 52.3 Å². The first-order valence-electron chi connectivity index (χ1n) is 5.87. The highest BCUT2D eigenvalue weighted by Crippen LogP contribution is 2.19. The van der Waals surface area contributed by atoms with Crippen LogP contribution in [0.5, 0.6) is 0 Å². The van der Waals surface area contributed by atoms with Gasteiger partial charge in [0.1, 0.15) is 0 Å². The molecule has 1 N–H and O–H groups in total. The fourth-order valence-electron chi connectivity index (χ4n) is 2.14. The van der Waals surface area contributed by atoms with Gasteiger partial charge in [-0.1, -0.05) is 6.08 Å². The van der Waals surface area contributed by atoms with Gasteiger partial charge in [0.05, 0.1) is 0 Å². The summed E-state index contributed by atoms with van der Waals surface area (Å²) in [6, 6.07) is 0.440. The highest BCUT2D eigenvalue weighted by atomic mass is 16.2. The topological polar surface area (TPSA) is 32.3 Å². The molecule has 86 valence electrons. The molecule has 1 fully saturated rings. The summed E-state index contributed by atoms with van der Waals surface area (Å²) in [4.78, 5) is 13.8. The first-order chi connectivity index (χ1) is 7.29. The summed E-state index contributed by atoms with van der Waals surface area (Å²) in [6.45, 7) is 3.81. The number of likely N-dealkylation sites (tertiary alicyclic amines) is 1. The van der Waals surface area contributed by atoms with Gasteiger partial charge < -0.3 is 10.2 Å². The lowest BCUT2D eigenvalue weighted by molar-refractivity contribution is -0.129. The predicted molar refractivity (Wildman–Crippen MR) is 62.7 cm³/mol. The second kappa shape index (κ2) is 6.62. The fraction of sp³-hybridized carbons (Fsp3) is 0.750. The summed E-state index contributed by atoms with van der Waals surface area (Å²) >= 11 is 0. The second-order valence-corrected chi connectivity index (χ2v) is 4.07. The molecule has 0 aromatic heterocycles. The Labute approximate surface area is 92.5 Å². The first-order valence-corrected chi connectivity index (χ1v) is 5.87. The number of piperidine rings is 1. The number of rotatable bonds is 4. The van der Waals surface area contributed by atoms with Crippen molar-refractivity contribution in [3.63, 3.8) is 0 Å². The van der Waals surface area contributed by atoms with Gasteiger partial charge in [-0.15, -0.1) is 0 Å². The van der Waals surface area contributed by atoms with Crippen LogP contribution >= 0.6 is 0 Å². The average Bonchev–Trinajstić information content (AvgIpc) is 2.27. The Morgan fingerprint density at radius 3 is 3.00 bits per heavy atom. The zero-order valence-electron chi connectivity index (χ0n) is 9.83. The minimum absolute atomic E-state index is 0.179. The van der Waals surface area contributed by atoms with Gasteiger partial charge in [-0.25, -0.2) is 0 Å². The molecule has 3 nitrogen and oxygen atoms in total. The smallest absolute Gasteiger partial charge is 0.246 e. The largest absolute Gasteiger partial charge is 0.336 e. The molecule has 15 heavy (non-hydrogen) atoms. The normalized spacial score (nSPS) is 22.3. The first kappa shape index (κ1) is 12.2. The van der Waals surface area contributed by atoms with E-state index in [2.05, 4.69) is 5.32 Å². The molecule has 0 aromatic carbocycles. The van der Waals surface area contributed by atoms with Crippen molar-refractivity contribution in [2.24, 2.45) is 0 Å². The van der Waals surface area contributed by atoms with E-state index in [0.29, 0.717) is 6.04 Å². The zero-order chi connectivity index (χ0) is 11.1. The van der Waals surface area contributed by atoms with Gasteiger partial charge in [0, 0.05) is 12.6 Å². The molecule has 0 aliphatic carbocycles. The molecular formula is C12H22N2O. The van der Waals surface area contributed by atoms with Crippen LogP contribution in [0.2, 0.25) is 0 Å². The molecule has 0 aromatic rings. The second-order valence-electron chi connectivity index (χ2n) is 4.07. The van der Waals surface area contributed by atoms with Crippen molar-refractivity contribution in [2.45, 2.75) is 38.6 Å². The van der Waals surface area contributed by atoms with Gasteiger partial charge in [-0.2, -0.15) is 0 Å². The van der Waals surface area contributed by atoms with E-state index in [1.807, 2.05) is 24.9 Å². The van der Waals surface area contributed by atoms with Gasteiger partial charge >= 0.3 is 0 Å². The molecule has 0 spiro atoms. The Bertz CT molecular complexity index is 226. The third-order valence-electron chi connectivity index (χ3n) is 2.95. The molecule has 0 saturated carbocycles. The van der Waals surface area contributed by atoms with Crippen molar-refractivity contribution in [1.82, 2.24) is 10.2 Å². The molecule has 1 rings (SSSR count). The lowest BCUT2D eigenvalue weighted by Crippen LogP contribution is -2.44. The maximum Gasteiger partial charge on any atom is 0.246 e. The summed E-state index contributed by atoms with van der Waals surface area (Å²) in [5.41, 5.74) is 0. The van der Waals surface area contributed by atoms with Crippen molar-refractivity contribution in [2.75, 3.05) is 20.1 Å². The summed E-state index contributed by atoms with van der Waals surface area (Å²) in [6.07, 6.45) is 8.14. The van der Waals surface area contributed by atoms with E-state index in [1.54, 1.807) is 6.08 Å². The highest BCUT2D eigenvalue weighted by Gasteiger charge is 2.24. The monoisotopic (exact) mass is 210 g/mol. The standard InChI is InChI=1S/C12H22N2O/c1-3-6-12(15)14-10-5-4-7-11(14)8-9-13-2/h3,6,11,13H,4-5,7-10H2,1-2H3. The number of amides is 1. The Balaban J connectivity index is 2.52. The third-order valence-corrected chi connectivity index (χ3v) is 2.95. The van der Waals surface area contributed by atoms with Crippen LogP contribution in [0.25, 0.3) is 0 Å². The molecule has 1 heterocycles. The van der Waals surface area contributed by atoms with Crippen LogP contribution in [-0.2, 0) is 4.79 Å². The molecule has 1 aliphatic rings. The molecule has 1 atom stereocenters. The van der Waals surface area contributed by atoms with Crippen LogP contribution in [0.4, 0.5) is 0 Å². The van der Waals surface area contributed by atoms with Crippen molar-refractivity contribution in [1.29, 1.82) is 0 Å². The Hall–Kier alpha value is -0.830. The minimum Gasteiger partial charge on any atom is -0.336 e. The van der Waals surface area contributed by atoms with E-state index in [0.717, 1.165) is 32.4 Å². The van der Waals surface area contributed by atoms with Crippen LogP contribution in [0.1, 0.15) is 32.6 Å². The van der Waals surface area contributed by atoms with Crippen LogP contribution in [0.3, 0.4) is 0 Å². The van der Waals surface area contributed by atoms with Crippen LogP contribution in [0.15, 0.2) is 12.2 Å². The third kappa shape index (κ3) is 3.67. The quantitative estimate of drug-likeness (QED) is 0.714. The van der Waals surface area contributed by atoms with E-state index >= 15 is 0 Å². The van der Waals surface area contributed by atoms with Gasteiger partial charge in [0.25, 0.3) is 0 Å². The number of hydrogen-bond donors (Lipinski definition) is 1. The summed E-state index contributed by atoms with van der Waals surface area (Å²) in [5, 5.41) is 3.15. The zero-order valence-corrected chi connectivity index (χ0v) is 9.83. The van der Waals surface area contributed by atoms with Crippen LogP contribution in [-0.4, -0.2) is 37.0 Å². The maximum absolute atomic E-state index is 11.8. The van der Waals surface area contributed by atoms with E-state index in [9.17, 15) is 4.79 Å². The lowest BCUT2D eigenvalue weighted by atomic mass is 9.99. The lowest BCUT2D eigenvalue weighted by Gasteiger charge is -2.35. The summed E-state index contributed by atoms with van der Waals surface area (Å²) in [7, 11) is 1.96. The molecule has 1 aliphatic heterocycles. The molecule has 3 heteroatoms. The minimum atomic E-state index is 0.179. The number of nitrogens with one attached hydrogen (secondary N) is 1. The summed E-state index contributed by atoms with van der Waals surface area (Å²) in [5.74, 6) is 0.179. The number of nitrogens with zero attached hydrogens (tertiary/aromatic N) is 1. The molecule has 0 radical (unpaired) electrons. The number of carbonyl (C=O) groups excluding carboxylic acids is 1. The van der Waals surface area contributed by atoms with E-state index in [1.165, 1.54) is 6.42 Å². The Morgan fingerprint density at radius 2 is 2.33 bits per heavy atom. The average molecular weight is 210 g/mol.